The number of aromatic nitrogens is 3. The summed E-state index contributed by atoms with van der Waals surface area (Å²) >= 11 is 0. The fourth-order valence-electron chi connectivity index (χ4n) is 4.28. The highest BCUT2D eigenvalue weighted by atomic mass is 16.5. The summed E-state index contributed by atoms with van der Waals surface area (Å²) in [6.07, 6.45) is 9.74. The predicted octanol–water partition coefficient (Wildman–Crippen LogP) is 6.03. The maximum Gasteiger partial charge on any atom is 0.163 e. The number of benzene rings is 2. The van der Waals surface area contributed by atoms with Gasteiger partial charge in [0.1, 0.15) is 5.82 Å². The molecule has 5 rings (SSSR count). The van der Waals surface area contributed by atoms with E-state index < -0.39 is 0 Å². The van der Waals surface area contributed by atoms with Crippen LogP contribution < -0.4 is 14.8 Å². The molecule has 7 heteroatoms. The Morgan fingerprint density at radius 1 is 0.889 bits per heavy atom. The largest absolute Gasteiger partial charge is 0.501 e. The van der Waals surface area contributed by atoms with Gasteiger partial charge in [0.25, 0.3) is 0 Å². The van der Waals surface area contributed by atoms with Gasteiger partial charge in [-0.2, -0.15) is 0 Å². The number of rotatable bonds is 8. The lowest BCUT2D eigenvalue weighted by Crippen LogP contribution is -2.05. The molecule has 0 radical (unpaired) electrons. The van der Waals surface area contributed by atoms with E-state index in [0.29, 0.717) is 23.9 Å². The van der Waals surface area contributed by atoms with Crippen molar-refractivity contribution in [1.82, 2.24) is 15.0 Å². The van der Waals surface area contributed by atoms with Crippen LogP contribution in [0.15, 0.2) is 78.8 Å². The van der Waals surface area contributed by atoms with E-state index in [1.807, 2.05) is 36.4 Å². The average molecular weight is 481 g/mol. The second-order valence-corrected chi connectivity index (χ2v) is 8.43. The zero-order chi connectivity index (χ0) is 24.9. The minimum Gasteiger partial charge on any atom is -0.501 e. The number of anilines is 1. The number of allylic oxidation sites excluding steroid dienone is 4. The standard InChI is InChI=1S/C29H28N4O3/c1-34-23-8-4-6-20(15-23)21-10-11-25-24(16-21)29(33-28(32-25)22-7-5-13-30-18-22)31-17-19-9-12-26(35-2)27(14-19)36-3/h5-7,9-16,18H,4,8,17H2,1-3H3,(H,31,32,33). The Labute approximate surface area is 210 Å². The second kappa shape index (κ2) is 10.5. The van der Waals surface area contributed by atoms with Crippen molar-refractivity contribution in [3.63, 3.8) is 0 Å². The van der Waals surface area contributed by atoms with Gasteiger partial charge < -0.3 is 19.5 Å². The average Bonchev–Trinajstić information content (AvgIpc) is 2.95. The SMILES string of the molecule is COC1=CC(c2ccc3nc(-c4cccnc4)nc(NCc4ccc(OC)c(OC)c4)c3c2)=CCC1. The number of methoxy groups -OCH3 is 3. The Bertz CT molecular complexity index is 1450. The molecule has 182 valence electrons. The molecule has 1 aliphatic rings. The second-order valence-electron chi connectivity index (χ2n) is 8.43. The van der Waals surface area contributed by atoms with Gasteiger partial charge in [-0.15, -0.1) is 0 Å². The summed E-state index contributed by atoms with van der Waals surface area (Å²) < 4.78 is 16.3. The van der Waals surface area contributed by atoms with Crippen LogP contribution in [0.25, 0.3) is 27.9 Å². The van der Waals surface area contributed by atoms with Gasteiger partial charge >= 0.3 is 0 Å². The Kier molecular flexibility index (Phi) is 6.80. The first-order valence-electron chi connectivity index (χ1n) is 11.8. The molecule has 0 saturated carbocycles. The normalized spacial score (nSPS) is 13.1. The fourth-order valence-corrected chi connectivity index (χ4v) is 4.28. The molecule has 0 spiro atoms. The van der Waals surface area contributed by atoms with Crippen LogP contribution in [0.1, 0.15) is 24.0 Å². The maximum atomic E-state index is 5.50. The Morgan fingerprint density at radius 3 is 2.56 bits per heavy atom. The third-order valence-electron chi connectivity index (χ3n) is 6.19. The Hall–Kier alpha value is -4.39. The van der Waals surface area contributed by atoms with E-state index >= 15 is 0 Å². The number of nitrogens with one attached hydrogen (secondary N) is 1. The molecule has 1 N–H and O–H groups in total. The van der Waals surface area contributed by atoms with E-state index in [4.69, 9.17) is 24.2 Å². The first-order valence-corrected chi connectivity index (χ1v) is 11.8. The highest BCUT2D eigenvalue weighted by Gasteiger charge is 2.14. The summed E-state index contributed by atoms with van der Waals surface area (Å²) in [5, 5.41) is 4.47. The van der Waals surface area contributed by atoms with Crippen molar-refractivity contribution in [2.75, 3.05) is 26.6 Å². The van der Waals surface area contributed by atoms with Crippen molar-refractivity contribution in [1.29, 1.82) is 0 Å². The zero-order valence-corrected chi connectivity index (χ0v) is 20.6. The number of ether oxygens (including phenoxy) is 3. The van der Waals surface area contributed by atoms with Crippen LogP contribution in [0.2, 0.25) is 0 Å². The number of nitrogens with zero attached hydrogens (tertiary/aromatic N) is 3. The summed E-state index contributed by atoms with van der Waals surface area (Å²) in [5.74, 6) is 3.75. The molecule has 2 heterocycles. The van der Waals surface area contributed by atoms with Crippen molar-refractivity contribution in [2.45, 2.75) is 19.4 Å². The first kappa shape index (κ1) is 23.4. The minimum atomic E-state index is 0.555. The van der Waals surface area contributed by atoms with Crippen LogP contribution in [0, 0.1) is 0 Å². The lowest BCUT2D eigenvalue weighted by Gasteiger charge is -2.15. The minimum absolute atomic E-state index is 0.555. The van der Waals surface area contributed by atoms with E-state index in [2.05, 4.69) is 34.6 Å². The lowest BCUT2D eigenvalue weighted by atomic mass is 9.97. The number of fused-ring (bicyclic) bond motifs is 1. The van der Waals surface area contributed by atoms with Crippen molar-refractivity contribution in [2.24, 2.45) is 0 Å². The van der Waals surface area contributed by atoms with Crippen molar-refractivity contribution in [3.8, 4) is 22.9 Å². The summed E-state index contributed by atoms with van der Waals surface area (Å²) in [6, 6.07) is 16.0. The van der Waals surface area contributed by atoms with Crippen LogP contribution in [0.3, 0.4) is 0 Å². The monoisotopic (exact) mass is 480 g/mol. The molecule has 4 aromatic rings. The molecule has 0 aliphatic heterocycles. The van der Waals surface area contributed by atoms with Crippen molar-refractivity contribution < 1.29 is 14.2 Å². The summed E-state index contributed by atoms with van der Waals surface area (Å²) in [5.41, 5.74) is 5.00. The van der Waals surface area contributed by atoms with Gasteiger partial charge in [-0.3, -0.25) is 4.98 Å². The zero-order valence-electron chi connectivity index (χ0n) is 20.6. The Balaban J connectivity index is 1.55. The summed E-state index contributed by atoms with van der Waals surface area (Å²) in [7, 11) is 4.99. The molecule has 0 bridgehead atoms. The van der Waals surface area contributed by atoms with E-state index in [9.17, 15) is 0 Å². The van der Waals surface area contributed by atoms with Crippen molar-refractivity contribution >= 4 is 22.3 Å². The molecular formula is C29H28N4O3. The highest BCUT2D eigenvalue weighted by Crippen LogP contribution is 2.32. The maximum absolute atomic E-state index is 5.50. The highest BCUT2D eigenvalue weighted by molar-refractivity contribution is 5.94. The number of pyridine rings is 1. The van der Waals surface area contributed by atoms with Crippen LogP contribution in [0.4, 0.5) is 5.82 Å². The predicted molar refractivity (Wildman–Crippen MR) is 142 cm³/mol. The lowest BCUT2D eigenvalue weighted by molar-refractivity contribution is 0.277. The van der Waals surface area contributed by atoms with E-state index in [1.165, 1.54) is 0 Å². The van der Waals surface area contributed by atoms with Crippen LogP contribution in [-0.2, 0) is 11.3 Å². The molecule has 36 heavy (non-hydrogen) atoms. The molecule has 1 aliphatic carbocycles. The van der Waals surface area contributed by atoms with Crippen LogP contribution in [-0.4, -0.2) is 36.3 Å². The van der Waals surface area contributed by atoms with E-state index in [0.717, 1.165) is 57.6 Å². The molecule has 0 fully saturated rings. The molecule has 0 unspecified atom stereocenters. The first-order chi connectivity index (χ1) is 17.7. The fraction of sp³-hybridized carbons (Fsp3) is 0.207. The van der Waals surface area contributed by atoms with Gasteiger partial charge in [-0.25, -0.2) is 9.97 Å². The summed E-state index contributed by atoms with van der Waals surface area (Å²) in [4.78, 5) is 14.0. The van der Waals surface area contributed by atoms with E-state index in [-0.39, 0.29) is 0 Å². The topological polar surface area (TPSA) is 78.4 Å². The van der Waals surface area contributed by atoms with Gasteiger partial charge in [0.2, 0.25) is 0 Å². The number of hydrogen-bond acceptors (Lipinski definition) is 7. The molecule has 0 atom stereocenters. The van der Waals surface area contributed by atoms with Crippen LogP contribution >= 0.6 is 0 Å². The van der Waals surface area contributed by atoms with Gasteiger partial charge in [0, 0.05) is 36.3 Å². The number of hydrogen-bond donors (Lipinski definition) is 1. The van der Waals surface area contributed by atoms with Crippen molar-refractivity contribution in [3.05, 3.63) is 90.0 Å². The molecule has 7 nitrogen and oxygen atoms in total. The van der Waals surface area contributed by atoms with Gasteiger partial charge in [-0.05, 0) is 65.6 Å². The molecular weight excluding hydrogens is 452 g/mol. The Morgan fingerprint density at radius 2 is 1.78 bits per heavy atom. The van der Waals surface area contributed by atoms with Gasteiger partial charge in [0.05, 0.1) is 32.6 Å². The van der Waals surface area contributed by atoms with E-state index in [1.54, 1.807) is 33.7 Å². The summed E-state index contributed by atoms with van der Waals surface area (Å²) in [6.45, 7) is 0.555. The smallest absolute Gasteiger partial charge is 0.163 e. The third-order valence-corrected chi connectivity index (χ3v) is 6.19. The van der Waals surface area contributed by atoms with Crippen LogP contribution in [0.5, 0.6) is 11.5 Å². The quantitative estimate of drug-likeness (QED) is 0.330. The molecule has 2 aromatic heterocycles. The molecule has 2 aromatic carbocycles. The van der Waals surface area contributed by atoms with Gasteiger partial charge in [0.15, 0.2) is 17.3 Å². The van der Waals surface area contributed by atoms with Gasteiger partial charge in [-0.1, -0.05) is 18.2 Å². The molecule has 0 amide bonds. The molecule has 0 saturated heterocycles. The third kappa shape index (κ3) is 4.86.